The van der Waals surface area contributed by atoms with Crippen LogP contribution < -0.4 is 5.46 Å². The largest absolute Gasteiger partial charge is 0.494 e. The second kappa shape index (κ2) is 28.6. The second-order valence-corrected chi connectivity index (χ2v) is 33.6. The molecular formula is C104H80BClN12O2. The van der Waals surface area contributed by atoms with E-state index in [-0.39, 0.29) is 10.8 Å². The highest BCUT2D eigenvalue weighted by atomic mass is 35.5. The first-order valence-corrected chi connectivity index (χ1v) is 41.0. The Labute approximate surface area is 700 Å². The van der Waals surface area contributed by atoms with Gasteiger partial charge in [-0.2, -0.15) is 0 Å². The van der Waals surface area contributed by atoms with Crippen LogP contribution in [-0.2, 0) is 20.1 Å². The lowest BCUT2D eigenvalue weighted by Crippen LogP contribution is -2.41. The zero-order valence-corrected chi connectivity index (χ0v) is 68.2. The lowest BCUT2D eigenvalue weighted by Gasteiger charge is -2.32. The van der Waals surface area contributed by atoms with E-state index in [0.29, 0.717) is 40.0 Å². The smallest absolute Gasteiger partial charge is 0.399 e. The molecule has 14 aromatic carbocycles. The summed E-state index contributed by atoms with van der Waals surface area (Å²) in [4.78, 5) is 39.6. The van der Waals surface area contributed by atoms with E-state index in [9.17, 15) is 0 Å². The van der Waals surface area contributed by atoms with E-state index in [1.165, 1.54) is 44.5 Å². The molecule has 20 aromatic rings. The Bertz CT molecular complexity index is 7330. The maximum absolute atomic E-state index is 6.40. The van der Waals surface area contributed by atoms with Crippen molar-refractivity contribution in [1.82, 2.24) is 57.8 Å². The van der Waals surface area contributed by atoms with Gasteiger partial charge in [0.15, 0.2) is 34.9 Å². The average Bonchev–Trinajstić information content (AvgIpc) is 1.54. The number of imidazole rings is 4. The van der Waals surface area contributed by atoms with Gasteiger partial charge in [-0.3, -0.25) is 17.9 Å². The van der Waals surface area contributed by atoms with Gasteiger partial charge in [0, 0.05) is 54.9 Å². The summed E-state index contributed by atoms with van der Waals surface area (Å²) < 4.78 is 21.7. The third-order valence-electron chi connectivity index (χ3n) is 24.5. The number of halogens is 1. The minimum Gasteiger partial charge on any atom is -0.399 e. The molecule has 0 bridgehead atoms. The summed E-state index contributed by atoms with van der Waals surface area (Å²) in [6.07, 6.45) is 0. The van der Waals surface area contributed by atoms with Crippen molar-refractivity contribution in [2.75, 3.05) is 0 Å². The monoisotopic (exact) mass is 1570 g/mol. The predicted molar refractivity (Wildman–Crippen MR) is 486 cm³/mol. The fourth-order valence-electron chi connectivity index (χ4n) is 17.6. The lowest BCUT2D eigenvalue weighted by molar-refractivity contribution is 0.00578. The van der Waals surface area contributed by atoms with Crippen LogP contribution in [0.2, 0.25) is 5.02 Å². The van der Waals surface area contributed by atoms with Crippen molar-refractivity contribution in [3.05, 3.63) is 367 Å². The molecule has 120 heavy (non-hydrogen) atoms. The van der Waals surface area contributed by atoms with E-state index in [1.54, 1.807) is 0 Å². The van der Waals surface area contributed by atoms with E-state index in [2.05, 4.69) is 243 Å². The zero-order valence-electron chi connectivity index (χ0n) is 67.5. The van der Waals surface area contributed by atoms with E-state index in [1.807, 2.05) is 170 Å². The number of hydrogen-bond acceptors (Lipinski definition) is 10. The van der Waals surface area contributed by atoms with Gasteiger partial charge < -0.3 is 9.31 Å². The lowest BCUT2D eigenvalue weighted by atomic mass is 9.78. The first kappa shape index (κ1) is 73.5. The molecule has 1 fully saturated rings. The Kier molecular flexibility index (Phi) is 17.5. The standard InChI is InChI=1S/C49H34N6.C28H20ClN3.C27H26BN3O2/c1-49(2)39-24-10-9-23-37(39)38-29-43-44(30-40(38)49)54(48-50-41-25-11-12-26-42(41)55(43)48)36-22-14-20-34(28-36)33-19-13-21-35(27-33)47-52-45(31-15-5-3-6-16-31)51-46(53-47)32-17-7-4-8-18-32;1-28(2)21-11-4-3-10-19(21)20-15-25-26(16-22(20)28)31(18-9-7-8-17(29)14-18)27-30-23-12-5-6-13-24(23)32(25)27;1-26(2)27(3,4)33-28(32-26)22-17-11-16-21(18-22)25-30-23(19-12-7-5-8-13-19)29-24(31-25)20-14-9-6-10-15-20/h3-30H,1-2H3;3-16H,1-2H3;5-18H,1-4H3. The van der Waals surface area contributed by atoms with Crippen LogP contribution in [0.3, 0.4) is 0 Å². The molecule has 16 heteroatoms. The molecule has 23 rings (SSSR count). The topological polar surface area (TPSA) is 140 Å². The number of aromatic nitrogens is 12. The summed E-state index contributed by atoms with van der Waals surface area (Å²) >= 11 is 6.40. The van der Waals surface area contributed by atoms with Gasteiger partial charge in [-0.1, -0.05) is 294 Å². The minimum atomic E-state index is -0.445. The first-order valence-electron chi connectivity index (χ1n) is 40.7. The minimum absolute atomic E-state index is 0.0618. The van der Waals surface area contributed by atoms with E-state index in [0.717, 1.165) is 117 Å². The van der Waals surface area contributed by atoms with Crippen molar-refractivity contribution in [2.45, 2.75) is 77.4 Å². The molecule has 3 aliphatic rings. The van der Waals surface area contributed by atoms with Crippen LogP contribution in [0, 0.1) is 0 Å². The van der Waals surface area contributed by atoms with Gasteiger partial charge in [-0.15, -0.1) is 0 Å². The summed E-state index contributed by atoms with van der Waals surface area (Å²) in [5, 5.41) is 0.715. The Morgan fingerprint density at radius 2 is 0.600 bits per heavy atom. The van der Waals surface area contributed by atoms with E-state index in [4.69, 9.17) is 60.8 Å². The Morgan fingerprint density at radius 3 is 1.04 bits per heavy atom. The van der Waals surface area contributed by atoms with Crippen molar-refractivity contribution in [3.63, 3.8) is 0 Å². The Morgan fingerprint density at radius 1 is 0.258 bits per heavy atom. The number of rotatable bonds is 10. The molecule has 1 saturated heterocycles. The van der Waals surface area contributed by atoms with Gasteiger partial charge >= 0.3 is 7.12 Å². The quantitative estimate of drug-likeness (QED) is 0.122. The normalized spacial score (nSPS) is 14.4. The highest BCUT2D eigenvalue weighted by Crippen LogP contribution is 2.53. The second-order valence-electron chi connectivity index (χ2n) is 33.2. The molecule has 14 nitrogen and oxygen atoms in total. The van der Waals surface area contributed by atoms with Gasteiger partial charge in [-0.05, 0) is 174 Å². The summed E-state index contributed by atoms with van der Waals surface area (Å²) in [6.45, 7) is 17.5. The molecule has 0 atom stereocenters. The number of fused-ring (bicyclic) bond motifs is 16. The van der Waals surface area contributed by atoms with Gasteiger partial charge in [0.2, 0.25) is 11.6 Å². The molecule has 0 unspecified atom stereocenters. The fraction of sp³-hybridized carbons (Fsp3) is 0.115. The van der Waals surface area contributed by atoms with Crippen molar-refractivity contribution in [1.29, 1.82) is 0 Å². The van der Waals surface area contributed by atoms with Gasteiger partial charge in [-0.25, -0.2) is 39.9 Å². The fourth-order valence-corrected chi connectivity index (χ4v) is 17.8. The van der Waals surface area contributed by atoms with Crippen molar-refractivity contribution in [3.8, 4) is 113 Å². The predicted octanol–water partition coefficient (Wildman–Crippen LogP) is 24.2. The van der Waals surface area contributed by atoms with Crippen molar-refractivity contribution >= 4 is 79.9 Å². The SMILES string of the molecule is CC1(C)OB(c2cccc(-c3nc(-c4ccccc4)nc(-c4ccccc4)n3)c2)OC1(C)C.CC1(C)c2ccccc2-c2cc3c(cc21)n(-c1cccc(-c2cccc(-c4nc(-c5ccccc5)nc(-c5ccccc5)n4)c2)c1)c1nc2ccccc2n31.CC1(C)c2ccccc2-c2cc3c(cc21)n(-c1cccc(Cl)c1)c1nc2ccccc2n31. The number of hydrogen-bond donors (Lipinski definition) is 0. The van der Waals surface area contributed by atoms with Crippen LogP contribution in [0.4, 0.5) is 0 Å². The van der Waals surface area contributed by atoms with Crippen LogP contribution in [-0.4, -0.2) is 76.1 Å². The molecule has 0 saturated carbocycles. The first-order chi connectivity index (χ1) is 58.4. The molecule has 0 amide bonds. The molecular weight excluding hydrogens is 1500 g/mol. The zero-order chi connectivity index (χ0) is 81.3. The van der Waals surface area contributed by atoms with E-state index >= 15 is 0 Å². The Hall–Kier alpha value is -14.1. The molecule has 0 spiro atoms. The highest BCUT2D eigenvalue weighted by molar-refractivity contribution is 6.62. The molecule has 0 radical (unpaired) electrons. The molecule has 0 N–H and O–H groups in total. The Balaban J connectivity index is 0.000000118. The summed E-state index contributed by atoms with van der Waals surface area (Å²) in [7, 11) is -0.445. The van der Waals surface area contributed by atoms with Crippen LogP contribution in [0.1, 0.15) is 77.6 Å². The number of benzene rings is 14. The summed E-state index contributed by atoms with van der Waals surface area (Å²) in [6, 6.07) is 117. The van der Waals surface area contributed by atoms with Gasteiger partial charge in [0.25, 0.3) is 0 Å². The van der Waals surface area contributed by atoms with Gasteiger partial charge in [0.05, 0.1) is 61.0 Å². The molecule has 578 valence electrons. The van der Waals surface area contributed by atoms with E-state index < -0.39 is 18.3 Å². The van der Waals surface area contributed by atoms with Crippen molar-refractivity contribution < 1.29 is 9.31 Å². The third kappa shape index (κ3) is 12.5. The van der Waals surface area contributed by atoms with Crippen molar-refractivity contribution in [2.24, 2.45) is 0 Å². The molecule has 1 aliphatic heterocycles. The van der Waals surface area contributed by atoms with Crippen LogP contribution in [0.5, 0.6) is 0 Å². The molecule has 7 heterocycles. The number of para-hydroxylation sites is 4. The number of nitrogens with zero attached hydrogens (tertiary/aromatic N) is 12. The molecule has 2 aliphatic carbocycles. The maximum atomic E-state index is 6.40. The van der Waals surface area contributed by atoms with Gasteiger partial charge in [0.1, 0.15) is 0 Å². The van der Waals surface area contributed by atoms with Crippen LogP contribution in [0.25, 0.3) is 169 Å². The highest BCUT2D eigenvalue weighted by Gasteiger charge is 2.52. The summed E-state index contributed by atoms with van der Waals surface area (Å²) in [5.74, 6) is 5.60. The third-order valence-corrected chi connectivity index (χ3v) is 24.7. The molecule has 6 aromatic heterocycles. The van der Waals surface area contributed by atoms with Crippen LogP contribution in [0.15, 0.2) is 340 Å². The maximum Gasteiger partial charge on any atom is 0.494 e. The summed E-state index contributed by atoms with van der Waals surface area (Å²) in [5.41, 5.74) is 29.1. The van der Waals surface area contributed by atoms with Crippen LogP contribution >= 0.6 is 11.6 Å². The average molecular weight is 1580 g/mol.